The molecule has 0 spiro atoms. The van der Waals surface area contributed by atoms with Crippen molar-refractivity contribution in [1.29, 1.82) is 0 Å². The first-order chi connectivity index (χ1) is 13.2. The van der Waals surface area contributed by atoms with Gasteiger partial charge in [-0.15, -0.1) is 0 Å². The first kappa shape index (κ1) is 26.3. The Kier molecular flexibility index (Phi) is 21.0. The molecule has 0 rings (SSSR count). The number of hydrogen-bond donors (Lipinski definition) is 1. The molecule has 5 heteroatoms. The molecule has 4 nitrogen and oxygen atoms in total. The third-order valence-corrected chi connectivity index (χ3v) is 5.51. The Hall–Kier alpha value is -0.710. The summed E-state index contributed by atoms with van der Waals surface area (Å²) < 4.78 is 5.22. The van der Waals surface area contributed by atoms with Crippen LogP contribution in [-0.2, 0) is 13.8 Å². The first-order valence-corrected chi connectivity index (χ1v) is 12.1. The maximum Gasteiger partial charge on any atom is 0.317 e. The van der Waals surface area contributed by atoms with E-state index in [-0.39, 0.29) is 5.97 Å². The lowest BCUT2D eigenvalue weighted by Crippen LogP contribution is -1.99. The minimum absolute atomic E-state index is 0.0626. The summed E-state index contributed by atoms with van der Waals surface area (Å²) in [6, 6.07) is 0. The molecule has 0 bridgehead atoms. The molecule has 160 valence electrons. The molecule has 1 N–H and O–H groups in total. The summed E-state index contributed by atoms with van der Waals surface area (Å²) in [5.74, 6) is 0.139. The van der Waals surface area contributed by atoms with Crippen molar-refractivity contribution >= 4 is 24.0 Å². The fourth-order valence-electron chi connectivity index (χ4n) is 3.05. The monoisotopic (exact) mass is 402 g/mol. The molecule has 0 fully saturated rings. The second-order valence-electron chi connectivity index (χ2n) is 7.47. The van der Waals surface area contributed by atoms with Gasteiger partial charge >= 0.3 is 11.9 Å². The predicted octanol–water partition coefficient (Wildman–Crippen LogP) is 7.30. The fourth-order valence-corrected chi connectivity index (χ4v) is 3.67. The molecule has 0 aliphatic rings. The van der Waals surface area contributed by atoms with Crippen molar-refractivity contribution < 1.29 is 18.9 Å². The van der Waals surface area contributed by atoms with E-state index < -0.39 is 5.97 Å². The Bertz CT molecular complexity index is 347. The smallest absolute Gasteiger partial charge is 0.317 e. The number of rotatable bonds is 21. The van der Waals surface area contributed by atoms with Gasteiger partial charge in [-0.3, -0.25) is 9.59 Å². The van der Waals surface area contributed by atoms with Gasteiger partial charge in [-0.2, -0.15) is 0 Å². The lowest BCUT2D eigenvalue weighted by molar-refractivity contribution is -0.137. The zero-order valence-electron chi connectivity index (χ0n) is 17.5. The van der Waals surface area contributed by atoms with Crippen molar-refractivity contribution in [2.24, 2.45) is 0 Å². The van der Waals surface area contributed by atoms with Crippen LogP contribution in [0.25, 0.3) is 0 Å². The number of aliphatic carboxylic acids is 1. The standard InChI is InChI=1S/C22H42O4S/c1-2-3-4-5-6-10-13-16-19-22(25)26-27-20-17-14-11-8-7-9-12-15-18-21(23)24/h2-20H2,1H3,(H,23,24). The van der Waals surface area contributed by atoms with E-state index in [0.717, 1.165) is 44.3 Å². The number of carbonyl (C=O) groups is 2. The van der Waals surface area contributed by atoms with E-state index in [4.69, 9.17) is 9.29 Å². The van der Waals surface area contributed by atoms with Crippen LogP contribution in [0.5, 0.6) is 0 Å². The van der Waals surface area contributed by atoms with E-state index in [1.54, 1.807) is 0 Å². The molecular formula is C22H42O4S. The van der Waals surface area contributed by atoms with Gasteiger partial charge in [0, 0.05) is 18.6 Å². The van der Waals surface area contributed by atoms with Crippen LogP contribution >= 0.6 is 12.0 Å². The number of unbranched alkanes of at least 4 members (excludes halogenated alkanes) is 14. The van der Waals surface area contributed by atoms with E-state index in [2.05, 4.69) is 6.92 Å². The highest BCUT2D eigenvalue weighted by molar-refractivity contribution is 7.95. The maximum absolute atomic E-state index is 11.6. The van der Waals surface area contributed by atoms with Gasteiger partial charge < -0.3 is 9.29 Å². The second kappa shape index (κ2) is 21.6. The summed E-state index contributed by atoms with van der Waals surface area (Å²) in [6.45, 7) is 2.24. The van der Waals surface area contributed by atoms with E-state index >= 15 is 0 Å². The maximum atomic E-state index is 11.6. The molecule has 0 amide bonds. The minimum Gasteiger partial charge on any atom is -0.481 e. The van der Waals surface area contributed by atoms with E-state index in [1.807, 2.05) is 0 Å². The van der Waals surface area contributed by atoms with Crippen LogP contribution in [0.1, 0.15) is 122 Å². The third-order valence-electron chi connectivity index (χ3n) is 4.75. The Morgan fingerprint density at radius 2 is 1.11 bits per heavy atom. The minimum atomic E-state index is -0.689. The van der Waals surface area contributed by atoms with Gasteiger partial charge in [-0.1, -0.05) is 90.4 Å². The summed E-state index contributed by atoms with van der Waals surface area (Å²) >= 11 is 1.31. The Balaban J connectivity index is 3.15. The highest BCUT2D eigenvalue weighted by Gasteiger charge is 2.03. The molecule has 0 aliphatic heterocycles. The van der Waals surface area contributed by atoms with Crippen molar-refractivity contribution in [3.05, 3.63) is 0 Å². The summed E-state index contributed by atoms with van der Waals surface area (Å²) in [4.78, 5) is 22.0. The fraction of sp³-hybridized carbons (Fsp3) is 0.909. The zero-order valence-corrected chi connectivity index (χ0v) is 18.3. The van der Waals surface area contributed by atoms with Crippen molar-refractivity contribution in [3.63, 3.8) is 0 Å². The summed E-state index contributed by atoms with van der Waals surface area (Å²) in [6.07, 6.45) is 19.7. The average molecular weight is 403 g/mol. The zero-order chi connectivity index (χ0) is 20.0. The van der Waals surface area contributed by atoms with Gasteiger partial charge in [0.2, 0.25) is 0 Å². The van der Waals surface area contributed by atoms with Crippen molar-refractivity contribution in [3.8, 4) is 0 Å². The molecular weight excluding hydrogens is 360 g/mol. The SMILES string of the molecule is CCCCCCCCCCC(=O)OSCCCCCCCCCCC(=O)O. The van der Waals surface area contributed by atoms with Gasteiger partial charge in [0.1, 0.15) is 0 Å². The highest BCUT2D eigenvalue weighted by atomic mass is 32.2. The van der Waals surface area contributed by atoms with Crippen LogP contribution in [0.15, 0.2) is 0 Å². The van der Waals surface area contributed by atoms with Crippen LogP contribution in [0.4, 0.5) is 0 Å². The van der Waals surface area contributed by atoms with Crippen LogP contribution in [0.3, 0.4) is 0 Å². The number of carbonyl (C=O) groups excluding carboxylic acids is 1. The van der Waals surface area contributed by atoms with Gasteiger partial charge in [0.25, 0.3) is 0 Å². The van der Waals surface area contributed by atoms with Crippen LogP contribution < -0.4 is 0 Å². The third kappa shape index (κ3) is 23.3. The summed E-state index contributed by atoms with van der Waals surface area (Å²) in [7, 11) is 0. The van der Waals surface area contributed by atoms with Crippen molar-refractivity contribution in [1.82, 2.24) is 0 Å². The van der Waals surface area contributed by atoms with Gasteiger partial charge in [-0.05, 0) is 19.3 Å². The summed E-state index contributed by atoms with van der Waals surface area (Å²) in [5.41, 5.74) is 0. The van der Waals surface area contributed by atoms with E-state index in [1.165, 1.54) is 76.3 Å². The lowest BCUT2D eigenvalue weighted by Gasteiger charge is -2.04. The van der Waals surface area contributed by atoms with Gasteiger partial charge in [-0.25, -0.2) is 0 Å². The van der Waals surface area contributed by atoms with Crippen LogP contribution in [0.2, 0.25) is 0 Å². The molecule has 0 saturated heterocycles. The van der Waals surface area contributed by atoms with E-state index in [9.17, 15) is 9.59 Å². The molecule has 0 aliphatic carbocycles. The Morgan fingerprint density at radius 1 is 0.667 bits per heavy atom. The molecule has 0 aromatic rings. The molecule has 27 heavy (non-hydrogen) atoms. The molecule has 0 saturated carbocycles. The average Bonchev–Trinajstić information content (AvgIpc) is 2.64. The Labute approximate surface area is 171 Å². The lowest BCUT2D eigenvalue weighted by atomic mass is 10.1. The second-order valence-corrected chi connectivity index (χ2v) is 8.28. The summed E-state index contributed by atoms with van der Waals surface area (Å²) in [5, 5.41) is 8.56. The molecule has 0 aromatic carbocycles. The van der Waals surface area contributed by atoms with Crippen molar-refractivity contribution in [2.75, 3.05) is 5.75 Å². The molecule has 0 heterocycles. The van der Waals surface area contributed by atoms with Gasteiger partial charge in [0.15, 0.2) is 0 Å². The van der Waals surface area contributed by atoms with Crippen LogP contribution in [0, 0.1) is 0 Å². The normalized spacial score (nSPS) is 10.9. The first-order valence-electron chi connectivity index (χ1n) is 11.2. The largest absolute Gasteiger partial charge is 0.481 e. The van der Waals surface area contributed by atoms with Crippen LogP contribution in [-0.4, -0.2) is 22.8 Å². The molecule has 0 unspecified atom stereocenters. The molecule has 0 atom stereocenters. The predicted molar refractivity (Wildman–Crippen MR) is 115 cm³/mol. The topological polar surface area (TPSA) is 63.6 Å². The number of hydrogen-bond acceptors (Lipinski definition) is 4. The van der Waals surface area contributed by atoms with Gasteiger partial charge in [0.05, 0.1) is 12.0 Å². The quantitative estimate of drug-likeness (QED) is 0.161. The van der Waals surface area contributed by atoms with E-state index in [0.29, 0.717) is 12.8 Å². The molecule has 0 radical (unpaired) electrons. The highest BCUT2D eigenvalue weighted by Crippen LogP contribution is 2.14. The molecule has 0 aromatic heterocycles. The number of carboxylic acids is 1. The van der Waals surface area contributed by atoms with Crippen molar-refractivity contribution in [2.45, 2.75) is 122 Å². The number of carboxylic acid groups (broad SMARTS) is 1. The Morgan fingerprint density at radius 3 is 1.63 bits per heavy atom.